The number of carbonyl (C=O) groups excluding carboxylic acids is 1. The van der Waals surface area contributed by atoms with E-state index < -0.39 is 0 Å². The van der Waals surface area contributed by atoms with Gasteiger partial charge in [-0.15, -0.1) is 0 Å². The first kappa shape index (κ1) is 10.6. The van der Waals surface area contributed by atoms with E-state index in [1.807, 2.05) is 4.90 Å². The maximum Gasteiger partial charge on any atom is 0.228 e. The van der Waals surface area contributed by atoms with E-state index in [9.17, 15) is 4.79 Å². The maximum absolute atomic E-state index is 11.9. The van der Waals surface area contributed by atoms with Gasteiger partial charge in [0.05, 0.1) is 0 Å². The van der Waals surface area contributed by atoms with Crippen molar-refractivity contribution in [2.24, 2.45) is 5.41 Å². The first-order valence-electron chi connectivity index (χ1n) is 5.37. The van der Waals surface area contributed by atoms with Gasteiger partial charge in [-0.25, -0.2) is 0 Å². The van der Waals surface area contributed by atoms with E-state index in [1.165, 1.54) is 12.8 Å². The third-order valence-electron chi connectivity index (χ3n) is 2.88. The van der Waals surface area contributed by atoms with E-state index in [2.05, 4.69) is 20.8 Å². The van der Waals surface area contributed by atoms with Crippen LogP contribution in [0.1, 0.15) is 46.5 Å². The number of nitrogens with zero attached hydrogens (tertiary/aromatic N) is 1. The summed E-state index contributed by atoms with van der Waals surface area (Å²) in [6, 6.07) is 0. The van der Waals surface area contributed by atoms with Crippen molar-refractivity contribution in [3.8, 4) is 0 Å². The summed E-state index contributed by atoms with van der Waals surface area (Å²) < 4.78 is 0. The zero-order valence-corrected chi connectivity index (χ0v) is 9.10. The van der Waals surface area contributed by atoms with Crippen molar-refractivity contribution in [3.05, 3.63) is 0 Å². The molecule has 1 fully saturated rings. The summed E-state index contributed by atoms with van der Waals surface area (Å²) in [6.07, 6.45) is 4.55. The molecule has 2 nitrogen and oxygen atoms in total. The Kier molecular flexibility index (Phi) is 3.34. The van der Waals surface area contributed by atoms with E-state index in [0.29, 0.717) is 5.91 Å². The summed E-state index contributed by atoms with van der Waals surface area (Å²) >= 11 is 0. The summed E-state index contributed by atoms with van der Waals surface area (Å²) in [5.41, 5.74) is -0.129. The van der Waals surface area contributed by atoms with Gasteiger partial charge in [0.25, 0.3) is 0 Å². The molecule has 0 aromatic rings. The standard InChI is InChI=1S/C11H21NO/c1-4-5-7-11(2,3)10(13)12-8-6-9-12/h4-9H2,1-3H3. The highest BCUT2D eigenvalue weighted by atomic mass is 16.2. The van der Waals surface area contributed by atoms with Crippen LogP contribution in [-0.4, -0.2) is 23.9 Å². The molecule has 2 heteroatoms. The molecule has 1 rings (SSSR count). The molecule has 0 aliphatic carbocycles. The minimum atomic E-state index is -0.129. The van der Waals surface area contributed by atoms with Gasteiger partial charge in [0.2, 0.25) is 5.91 Å². The largest absolute Gasteiger partial charge is 0.342 e. The smallest absolute Gasteiger partial charge is 0.228 e. The molecular weight excluding hydrogens is 162 g/mol. The fraction of sp³-hybridized carbons (Fsp3) is 0.909. The molecule has 0 atom stereocenters. The molecule has 13 heavy (non-hydrogen) atoms. The molecule has 0 N–H and O–H groups in total. The first-order chi connectivity index (χ1) is 6.08. The Bertz CT molecular complexity index is 183. The predicted octanol–water partition coefficient (Wildman–Crippen LogP) is 2.44. The van der Waals surface area contributed by atoms with E-state index in [0.717, 1.165) is 25.9 Å². The Morgan fingerprint density at radius 2 is 2.00 bits per heavy atom. The average molecular weight is 183 g/mol. The van der Waals surface area contributed by atoms with Crippen LogP contribution >= 0.6 is 0 Å². The summed E-state index contributed by atoms with van der Waals surface area (Å²) in [4.78, 5) is 13.9. The van der Waals surface area contributed by atoms with E-state index >= 15 is 0 Å². The molecule has 1 aliphatic heterocycles. The van der Waals surface area contributed by atoms with Crippen LogP contribution in [0.5, 0.6) is 0 Å². The monoisotopic (exact) mass is 183 g/mol. The Morgan fingerprint density at radius 3 is 2.38 bits per heavy atom. The van der Waals surface area contributed by atoms with Gasteiger partial charge in [0.15, 0.2) is 0 Å². The third kappa shape index (κ3) is 2.45. The molecule has 0 saturated carbocycles. The van der Waals surface area contributed by atoms with Gasteiger partial charge < -0.3 is 4.90 Å². The lowest BCUT2D eigenvalue weighted by Crippen LogP contribution is -2.48. The van der Waals surface area contributed by atoms with Crippen LogP contribution in [0.25, 0.3) is 0 Å². The molecule has 1 saturated heterocycles. The van der Waals surface area contributed by atoms with Crippen molar-refractivity contribution in [1.29, 1.82) is 0 Å². The minimum absolute atomic E-state index is 0.129. The number of unbranched alkanes of at least 4 members (excludes halogenated alkanes) is 1. The average Bonchev–Trinajstić information content (AvgIpc) is 1.97. The fourth-order valence-corrected chi connectivity index (χ4v) is 1.67. The summed E-state index contributed by atoms with van der Waals surface area (Å²) in [5, 5.41) is 0. The quantitative estimate of drug-likeness (QED) is 0.655. The van der Waals surface area contributed by atoms with Crippen molar-refractivity contribution in [3.63, 3.8) is 0 Å². The summed E-state index contributed by atoms with van der Waals surface area (Å²) in [6.45, 7) is 8.28. The highest BCUT2D eigenvalue weighted by Crippen LogP contribution is 2.27. The van der Waals surface area contributed by atoms with Crippen molar-refractivity contribution in [2.45, 2.75) is 46.5 Å². The highest BCUT2D eigenvalue weighted by Gasteiger charge is 2.33. The number of hydrogen-bond donors (Lipinski definition) is 0. The zero-order valence-electron chi connectivity index (χ0n) is 9.10. The van der Waals surface area contributed by atoms with Crippen molar-refractivity contribution >= 4 is 5.91 Å². The van der Waals surface area contributed by atoms with Crippen LogP contribution in [0.2, 0.25) is 0 Å². The second kappa shape index (κ2) is 4.12. The molecule has 1 aliphatic rings. The summed E-state index contributed by atoms with van der Waals surface area (Å²) in [7, 11) is 0. The van der Waals surface area contributed by atoms with Crippen LogP contribution in [0.4, 0.5) is 0 Å². The van der Waals surface area contributed by atoms with Crippen LogP contribution in [-0.2, 0) is 4.79 Å². The normalized spacial score (nSPS) is 17.0. The molecular formula is C11H21NO. The van der Waals surface area contributed by atoms with Gasteiger partial charge in [0.1, 0.15) is 0 Å². The van der Waals surface area contributed by atoms with E-state index in [1.54, 1.807) is 0 Å². The van der Waals surface area contributed by atoms with Gasteiger partial charge in [-0.1, -0.05) is 33.6 Å². The predicted molar refractivity (Wildman–Crippen MR) is 54.5 cm³/mol. The molecule has 0 aromatic carbocycles. The molecule has 0 bridgehead atoms. The van der Waals surface area contributed by atoms with Crippen LogP contribution in [0.15, 0.2) is 0 Å². The van der Waals surface area contributed by atoms with Crippen LogP contribution < -0.4 is 0 Å². The number of likely N-dealkylation sites (tertiary alicyclic amines) is 1. The van der Waals surface area contributed by atoms with E-state index in [4.69, 9.17) is 0 Å². The number of rotatable bonds is 4. The molecule has 1 heterocycles. The van der Waals surface area contributed by atoms with Gasteiger partial charge in [0, 0.05) is 18.5 Å². The Balaban J connectivity index is 2.41. The van der Waals surface area contributed by atoms with E-state index in [-0.39, 0.29) is 5.41 Å². The fourth-order valence-electron chi connectivity index (χ4n) is 1.67. The topological polar surface area (TPSA) is 20.3 Å². The number of carbonyl (C=O) groups is 1. The first-order valence-corrected chi connectivity index (χ1v) is 5.37. The van der Waals surface area contributed by atoms with Gasteiger partial charge >= 0.3 is 0 Å². The number of hydrogen-bond acceptors (Lipinski definition) is 1. The van der Waals surface area contributed by atoms with Gasteiger partial charge in [-0.05, 0) is 12.8 Å². The minimum Gasteiger partial charge on any atom is -0.342 e. The Labute approximate surface area is 81.3 Å². The highest BCUT2D eigenvalue weighted by molar-refractivity contribution is 5.82. The van der Waals surface area contributed by atoms with Crippen LogP contribution in [0.3, 0.4) is 0 Å². The SMILES string of the molecule is CCCCC(C)(C)C(=O)N1CCC1. The van der Waals surface area contributed by atoms with Crippen molar-refractivity contribution in [2.75, 3.05) is 13.1 Å². The van der Waals surface area contributed by atoms with Crippen molar-refractivity contribution in [1.82, 2.24) is 4.90 Å². The molecule has 0 unspecified atom stereocenters. The summed E-state index contributed by atoms with van der Waals surface area (Å²) in [5.74, 6) is 0.354. The second-order valence-electron chi connectivity index (χ2n) is 4.63. The second-order valence-corrected chi connectivity index (χ2v) is 4.63. The molecule has 76 valence electrons. The zero-order chi connectivity index (χ0) is 9.90. The third-order valence-corrected chi connectivity index (χ3v) is 2.88. The van der Waals surface area contributed by atoms with Crippen molar-refractivity contribution < 1.29 is 4.79 Å². The maximum atomic E-state index is 11.9. The lowest BCUT2D eigenvalue weighted by Gasteiger charge is -2.37. The Hall–Kier alpha value is -0.530. The molecule has 0 radical (unpaired) electrons. The molecule has 0 aromatic heterocycles. The molecule has 1 amide bonds. The van der Waals surface area contributed by atoms with Crippen LogP contribution in [0, 0.1) is 5.41 Å². The number of amides is 1. The van der Waals surface area contributed by atoms with Gasteiger partial charge in [-0.2, -0.15) is 0 Å². The Morgan fingerprint density at radius 1 is 1.38 bits per heavy atom. The molecule has 0 spiro atoms. The lowest BCUT2D eigenvalue weighted by molar-refractivity contribution is -0.144. The van der Waals surface area contributed by atoms with Gasteiger partial charge in [-0.3, -0.25) is 4.79 Å². The lowest BCUT2D eigenvalue weighted by atomic mass is 9.85.